The first-order chi connectivity index (χ1) is 16.0. The van der Waals surface area contributed by atoms with Crippen molar-refractivity contribution in [1.29, 1.82) is 0 Å². The van der Waals surface area contributed by atoms with Gasteiger partial charge in [-0.2, -0.15) is 13.2 Å². The number of nitrogens with zero attached hydrogens (tertiary/aromatic N) is 3. The number of halogens is 5. The number of carbonyl (C=O) groups excluding carboxylic acids is 1. The molecule has 0 aliphatic carbocycles. The van der Waals surface area contributed by atoms with Gasteiger partial charge in [-0.15, -0.1) is 0 Å². The molecule has 35 heavy (non-hydrogen) atoms. The molecule has 2 atom stereocenters. The summed E-state index contributed by atoms with van der Waals surface area (Å²) in [6.07, 6.45) is -2.93. The van der Waals surface area contributed by atoms with Gasteiger partial charge in [0.05, 0.1) is 12.4 Å². The maximum absolute atomic E-state index is 15.3. The molecule has 190 valence electrons. The van der Waals surface area contributed by atoms with Gasteiger partial charge in [0.1, 0.15) is 27.6 Å². The highest BCUT2D eigenvalue weighted by Crippen LogP contribution is 2.44. The van der Waals surface area contributed by atoms with Crippen molar-refractivity contribution in [3.8, 4) is 5.88 Å². The number of alkyl halides is 4. The standard InChI is InChI=1S/C20H20F5N5O4S/c1-18(2)17(26)30-19(3,16(22)35(18,32)33)11-6-10(4-5-12(11)21)29-15(31)13-7-28-14(8-27-13)34-9-20(23,24)25/h4-8,16H,9H2,1-3H3,(H2,26,30)(H,29,31)/t16?,19-/m1/s1. The van der Waals surface area contributed by atoms with E-state index >= 15 is 4.39 Å². The lowest BCUT2D eigenvalue weighted by atomic mass is 9.91. The van der Waals surface area contributed by atoms with Crippen LogP contribution in [-0.4, -0.2) is 53.2 Å². The van der Waals surface area contributed by atoms with Crippen molar-refractivity contribution in [2.75, 3.05) is 11.9 Å². The molecule has 0 saturated heterocycles. The molecule has 0 fully saturated rings. The Balaban J connectivity index is 1.88. The Bertz CT molecular complexity index is 1280. The molecule has 1 amide bonds. The van der Waals surface area contributed by atoms with Crippen LogP contribution in [0.1, 0.15) is 36.8 Å². The van der Waals surface area contributed by atoms with E-state index < -0.39 is 67.4 Å². The maximum Gasteiger partial charge on any atom is 0.422 e. The average molecular weight is 521 g/mol. The molecule has 0 radical (unpaired) electrons. The minimum Gasteiger partial charge on any atom is -0.467 e. The predicted molar refractivity (Wildman–Crippen MR) is 115 cm³/mol. The Morgan fingerprint density at radius 1 is 1.20 bits per heavy atom. The molecule has 9 nitrogen and oxygen atoms in total. The number of hydrogen-bond donors (Lipinski definition) is 2. The largest absolute Gasteiger partial charge is 0.467 e. The molecule has 3 N–H and O–H groups in total. The fourth-order valence-electron chi connectivity index (χ4n) is 3.17. The number of rotatable bonds is 5. The zero-order valence-corrected chi connectivity index (χ0v) is 19.3. The summed E-state index contributed by atoms with van der Waals surface area (Å²) >= 11 is 0. The van der Waals surface area contributed by atoms with E-state index in [-0.39, 0.29) is 11.4 Å². The number of carbonyl (C=O) groups is 1. The molecule has 3 rings (SSSR count). The highest BCUT2D eigenvalue weighted by Gasteiger charge is 2.58. The van der Waals surface area contributed by atoms with Crippen molar-refractivity contribution in [1.82, 2.24) is 9.97 Å². The molecule has 0 bridgehead atoms. The zero-order valence-electron chi connectivity index (χ0n) is 18.5. The van der Waals surface area contributed by atoms with Gasteiger partial charge in [-0.3, -0.25) is 9.79 Å². The van der Waals surface area contributed by atoms with Gasteiger partial charge in [-0.05, 0) is 39.0 Å². The van der Waals surface area contributed by atoms with Crippen LogP contribution in [0.3, 0.4) is 0 Å². The molecule has 15 heteroatoms. The van der Waals surface area contributed by atoms with E-state index in [9.17, 15) is 30.8 Å². The van der Waals surface area contributed by atoms with Gasteiger partial charge in [0.15, 0.2) is 16.4 Å². The van der Waals surface area contributed by atoms with Crippen molar-refractivity contribution in [3.63, 3.8) is 0 Å². The summed E-state index contributed by atoms with van der Waals surface area (Å²) in [6.45, 7) is 1.83. The second-order valence-corrected chi connectivity index (χ2v) is 10.8. The minimum atomic E-state index is -4.59. The van der Waals surface area contributed by atoms with E-state index in [0.717, 1.165) is 37.5 Å². The number of ether oxygens (including phenoxy) is 1. The number of nitrogens with one attached hydrogen (secondary N) is 1. The number of benzene rings is 1. The molecule has 1 unspecified atom stereocenters. The van der Waals surface area contributed by atoms with Crippen LogP contribution < -0.4 is 15.8 Å². The van der Waals surface area contributed by atoms with Gasteiger partial charge in [-0.1, -0.05) is 0 Å². The number of anilines is 1. The molecule has 1 aromatic carbocycles. The third kappa shape index (κ3) is 4.90. The molecule has 2 aromatic rings. The maximum atomic E-state index is 15.3. The predicted octanol–water partition coefficient (Wildman–Crippen LogP) is 2.88. The molecule has 0 saturated carbocycles. The summed E-state index contributed by atoms with van der Waals surface area (Å²) in [5.74, 6) is -2.77. The highest BCUT2D eigenvalue weighted by atomic mass is 32.2. The number of hydrogen-bond acceptors (Lipinski definition) is 8. The van der Waals surface area contributed by atoms with Gasteiger partial charge in [0.25, 0.3) is 5.91 Å². The molecule has 0 spiro atoms. The molecule has 1 aliphatic rings. The van der Waals surface area contributed by atoms with E-state index in [2.05, 4.69) is 25.0 Å². The summed E-state index contributed by atoms with van der Waals surface area (Å²) in [5, 5.41) is 2.34. The second kappa shape index (κ2) is 8.70. The lowest BCUT2D eigenvalue weighted by molar-refractivity contribution is -0.154. The fourth-order valence-corrected chi connectivity index (χ4v) is 4.81. The Morgan fingerprint density at radius 2 is 1.86 bits per heavy atom. The molecule has 1 aliphatic heterocycles. The zero-order chi connectivity index (χ0) is 26.4. The Labute approximate surface area is 196 Å². The van der Waals surface area contributed by atoms with Crippen molar-refractivity contribution < 1.29 is 39.9 Å². The van der Waals surface area contributed by atoms with Crippen LogP contribution in [-0.2, 0) is 15.4 Å². The van der Waals surface area contributed by atoms with E-state index in [1.54, 1.807) is 0 Å². The molecule has 2 heterocycles. The number of amidine groups is 1. The summed E-state index contributed by atoms with van der Waals surface area (Å²) in [5.41, 5.74) is 0.0160. The topological polar surface area (TPSA) is 137 Å². The molecular weight excluding hydrogens is 501 g/mol. The van der Waals surface area contributed by atoms with Gasteiger partial charge in [-0.25, -0.2) is 27.2 Å². The monoisotopic (exact) mass is 521 g/mol. The SMILES string of the molecule is CC1(C)C(N)=N[C@](C)(c2cc(NC(=O)c3cnc(OCC(F)(F)F)cn3)ccc2F)C(F)S1(=O)=O. The van der Waals surface area contributed by atoms with Crippen molar-refractivity contribution in [2.45, 2.75) is 42.7 Å². The van der Waals surface area contributed by atoms with E-state index in [4.69, 9.17) is 5.73 Å². The third-order valence-corrected chi connectivity index (χ3v) is 8.04. The summed E-state index contributed by atoms with van der Waals surface area (Å²) in [6, 6.07) is 3.00. The number of sulfone groups is 1. The normalized spacial score (nSPS) is 23.3. The number of nitrogens with two attached hydrogens (primary N) is 1. The average Bonchev–Trinajstić information content (AvgIpc) is 2.77. The van der Waals surface area contributed by atoms with E-state index in [1.165, 1.54) is 13.8 Å². The van der Waals surface area contributed by atoms with Gasteiger partial charge >= 0.3 is 6.18 Å². The number of aliphatic imine (C=N–C) groups is 1. The number of amides is 1. The van der Waals surface area contributed by atoms with Gasteiger partial charge < -0.3 is 15.8 Å². The lowest BCUT2D eigenvalue weighted by Gasteiger charge is -2.40. The first kappa shape index (κ1) is 26.2. The minimum absolute atomic E-state index is 0.0740. The van der Waals surface area contributed by atoms with Crippen LogP contribution in [0.2, 0.25) is 0 Å². The smallest absolute Gasteiger partial charge is 0.422 e. The van der Waals surface area contributed by atoms with E-state index in [1.807, 2.05) is 0 Å². The quantitative estimate of drug-likeness (QED) is 0.578. The first-order valence-electron chi connectivity index (χ1n) is 9.85. The van der Waals surface area contributed by atoms with Crippen LogP contribution in [0, 0.1) is 5.82 Å². The Kier molecular flexibility index (Phi) is 6.52. The van der Waals surface area contributed by atoms with E-state index in [0.29, 0.717) is 0 Å². The Hall–Kier alpha value is -3.36. The van der Waals surface area contributed by atoms with Crippen LogP contribution >= 0.6 is 0 Å². The first-order valence-corrected chi connectivity index (χ1v) is 11.4. The van der Waals surface area contributed by atoms with Crippen molar-refractivity contribution in [2.24, 2.45) is 10.7 Å². The summed E-state index contributed by atoms with van der Waals surface area (Å²) < 4.78 is 94.6. The molecule has 1 aromatic heterocycles. The Morgan fingerprint density at radius 3 is 2.43 bits per heavy atom. The second-order valence-electron chi connectivity index (χ2n) is 8.31. The van der Waals surface area contributed by atoms with Gasteiger partial charge in [0, 0.05) is 11.3 Å². The molecular formula is C20H20F5N5O4S. The summed E-state index contributed by atoms with van der Waals surface area (Å²) in [7, 11) is -4.54. The van der Waals surface area contributed by atoms with Crippen molar-refractivity contribution in [3.05, 3.63) is 47.7 Å². The number of aromatic nitrogens is 2. The highest BCUT2D eigenvalue weighted by molar-refractivity contribution is 7.94. The van der Waals surface area contributed by atoms with Gasteiger partial charge in [0.2, 0.25) is 11.4 Å². The van der Waals surface area contributed by atoms with Crippen molar-refractivity contribution >= 4 is 27.3 Å². The fraction of sp³-hybridized carbons (Fsp3) is 0.400. The van der Waals surface area contributed by atoms with Crippen LogP contribution in [0.5, 0.6) is 5.88 Å². The summed E-state index contributed by atoms with van der Waals surface area (Å²) in [4.78, 5) is 23.6. The third-order valence-electron chi connectivity index (χ3n) is 5.41. The van der Waals surface area contributed by atoms with Crippen LogP contribution in [0.4, 0.5) is 27.6 Å². The van der Waals surface area contributed by atoms with Crippen LogP contribution in [0.15, 0.2) is 35.6 Å². The van der Waals surface area contributed by atoms with Crippen LogP contribution in [0.25, 0.3) is 0 Å². The lowest BCUT2D eigenvalue weighted by Crippen LogP contribution is -2.58.